The summed E-state index contributed by atoms with van der Waals surface area (Å²) < 4.78 is 1.79. The number of para-hydroxylation sites is 1. The van der Waals surface area contributed by atoms with E-state index in [0.29, 0.717) is 17.9 Å². The molecule has 0 atom stereocenters. The number of carbonyl (C=O) groups is 2. The van der Waals surface area contributed by atoms with Gasteiger partial charge in [-0.15, -0.1) is 0 Å². The number of hydrogen-bond donors (Lipinski definition) is 2. The first-order chi connectivity index (χ1) is 14.1. The third-order valence-electron chi connectivity index (χ3n) is 4.78. The van der Waals surface area contributed by atoms with Crippen LogP contribution >= 0.6 is 0 Å². The number of nitrogens with zero attached hydrogens (tertiary/aromatic N) is 2. The van der Waals surface area contributed by atoms with Crippen molar-refractivity contribution in [3.63, 3.8) is 0 Å². The van der Waals surface area contributed by atoms with Crippen LogP contribution in [-0.2, 0) is 6.42 Å². The molecule has 4 aromatic rings. The lowest BCUT2D eigenvalue weighted by Crippen LogP contribution is -2.12. The lowest BCUT2D eigenvalue weighted by Gasteiger charge is -2.10. The van der Waals surface area contributed by atoms with Gasteiger partial charge >= 0.3 is 6.09 Å². The van der Waals surface area contributed by atoms with Gasteiger partial charge in [0.15, 0.2) is 11.6 Å². The molecule has 144 valence electrons. The van der Waals surface area contributed by atoms with Gasteiger partial charge in [-0.25, -0.2) is 9.78 Å². The highest BCUT2D eigenvalue weighted by Gasteiger charge is 2.15. The van der Waals surface area contributed by atoms with Crippen molar-refractivity contribution in [1.29, 1.82) is 0 Å². The number of rotatable bonds is 6. The molecule has 0 aliphatic heterocycles. The molecular formula is C23H19N3O3. The van der Waals surface area contributed by atoms with Gasteiger partial charge in [0.2, 0.25) is 0 Å². The highest BCUT2D eigenvalue weighted by Crippen LogP contribution is 2.21. The van der Waals surface area contributed by atoms with Crippen molar-refractivity contribution in [1.82, 2.24) is 9.55 Å². The van der Waals surface area contributed by atoms with E-state index in [1.807, 2.05) is 54.6 Å². The molecule has 4 rings (SSSR count). The number of aromatic nitrogens is 2. The minimum Gasteiger partial charge on any atom is -0.465 e. The second kappa shape index (κ2) is 7.98. The van der Waals surface area contributed by atoms with E-state index in [0.717, 1.165) is 22.0 Å². The quantitative estimate of drug-likeness (QED) is 0.461. The van der Waals surface area contributed by atoms with E-state index in [4.69, 9.17) is 5.11 Å². The monoisotopic (exact) mass is 385 g/mol. The zero-order valence-electron chi connectivity index (χ0n) is 15.6. The number of carbonyl (C=O) groups excluding carboxylic acids is 1. The Kier molecular flexibility index (Phi) is 5.07. The Labute approximate surface area is 167 Å². The van der Waals surface area contributed by atoms with Gasteiger partial charge in [-0.1, -0.05) is 48.5 Å². The van der Waals surface area contributed by atoms with E-state index in [9.17, 15) is 9.59 Å². The number of amides is 1. The number of ketones is 1. The normalized spacial score (nSPS) is 10.8. The fourth-order valence-electron chi connectivity index (χ4n) is 3.38. The van der Waals surface area contributed by atoms with Gasteiger partial charge in [-0.2, -0.15) is 0 Å². The highest BCUT2D eigenvalue weighted by atomic mass is 16.4. The molecule has 3 aromatic carbocycles. The first-order valence-electron chi connectivity index (χ1n) is 9.25. The first-order valence-corrected chi connectivity index (χ1v) is 9.25. The summed E-state index contributed by atoms with van der Waals surface area (Å²) in [4.78, 5) is 28.1. The summed E-state index contributed by atoms with van der Waals surface area (Å²) in [6.07, 6.45) is 2.90. The van der Waals surface area contributed by atoms with Crippen LogP contribution in [0.25, 0.3) is 16.5 Å². The Morgan fingerprint density at radius 2 is 1.72 bits per heavy atom. The standard InChI is InChI=1S/C23H19N3O3/c27-21(12-10-17-6-3-4-8-20(17)25-23(28)29)22-24-13-14-26(22)19-11-9-16-5-1-2-7-18(16)15-19/h1-9,11,13-15,25H,10,12H2,(H,28,29). The summed E-state index contributed by atoms with van der Waals surface area (Å²) in [5, 5.41) is 13.6. The lowest BCUT2D eigenvalue weighted by molar-refractivity contribution is 0.0971. The topological polar surface area (TPSA) is 84.2 Å². The Bertz CT molecular complexity index is 1200. The molecule has 6 nitrogen and oxygen atoms in total. The number of carboxylic acid groups (broad SMARTS) is 1. The van der Waals surface area contributed by atoms with Crippen LogP contribution in [0, 0.1) is 0 Å². The molecule has 0 saturated carbocycles. The molecule has 0 bridgehead atoms. The number of imidazole rings is 1. The lowest BCUT2D eigenvalue weighted by atomic mass is 10.0. The number of aryl methyl sites for hydroxylation is 1. The van der Waals surface area contributed by atoms with Crippen LogP contribution in [0.1, 0.15) is 22.6 Å². The minimum absolute atomic E-state index is 0.103. The maximum Gasteiger partial charge on any atom is 0.409 e. The zero-order valence-corrected chi connectivity index (χ0v) is 15.6. The molecule has 0 unspecified atom stereocenters. The predicted molar refractivity (Wildman–Crippen MR) is 112 cm³/mol. The summed E-state index contributed by atoms with van der Waals surface area (Å²) in [5.41, 5.74) is 2.13. The maximum atomic E-state index is 12.9. The number of nitrogens with one attached hydrogen (secondary N) is 1. The largest absolute Gasteiger partial charge is 0.465 e. The van der Waals surface area contributed by atoms with E-state index < -0.39 is 6.09 Å². The number of benzene rings is 3. The molecule has 0 radical (unpaired) electrons. The van der Waals surface area contributed by atoms with Crippen LogP contribution in [0.2, 0.25) is 0 Å². The molecule has 0 saturated heterocycles. The van der Waals surface area contributed by atoms with Gasteiger partial charge in [-0.05, 0) is 41.0 Å². The Balaban J connectivity index is 1.55. The molecule has 1 aromatic heterocycles. The van der Waals surface area contributed by atoms with Crippen LogP contribution in [-0.4, -0.2) is 26.5 Å². The van der Waals surface area contributed by atoms with E-state index in [-0.39, 0.29) is 12.2 Å². The minimum atomic E-state index is -1.13. The zero-order chi connectivity index (χ0) is 20.2. The van der Waals surface area contributed by atoms with Crippen molar-refractivity contribution in [3.8, 4) is 5.69 Å². The first kappa shape index (κ1) is 18.4. The van der Waals surface area contributed by atoms with E-state index >= 15 is 0 Å². The number of Topliss-reactive ketones (excluding diaryl/α,β-unsaturated/α-hetero) is 1. The van der Waals surface area contributed by atoms with Crippen LogP contribution in [0.4, 0.5) is 10.5 Å². The smallest absolute Gasteiger partial charge is 0.409 e. The van der Waals surface area contributed by atoms with Crippen molar-refractivity contribution >= 4 is 28.3 Å². The van der Waals surface area contributed by atoms with Crippen LogP contribution in [0.15, 0.2) is 79.1 Å². The molecule has 0 spiro atoms. The fourth-order valence-corrected chi connectivity index (χ4v) is 3.38. The summed E-state index contributed by atoms with van der Waals surface area (Å²) in [6, 6.07) is 21.1. The van der Waals surface area contributed by atoms with Gasteiger partial charge in [0, 0.05) is 30.2 Å². The SMILES string of the molecule is O=C(O)Nc1ccccc1CCC(=O)c1nccn1-c1ccc2ccccc2c1. The van der Waals surface area contributed by atoms with Gasteiger partial charge in [0.1, 0.15) is 0 Å². The molecule has 0 fully saturated rings. The van der Waals surface area contributed by atoms with E-state index in [2.05, 4.69) is 10.3 Å². The third-order valence-corrected chi connectivity index (χ3v) is 4.78. The summed E-state index contributed by atoms with van der Waals surface area (Å²) >= 11 is 0. The van der Waals surface area contributed by atoms with E-state index in [1.54, 1.807) is 29.1 Å². The van der Waals surface area contributed by atoms with Crippen LogP contribution in [0.3, 0.4) is 0 Å². The fraction of sp³-hybridized carbons (Fsp3) is 0.0870. The van der Waals surface area contributed by atoms with Crippen LogP contribution in [0.5, 0.6) is 0 Å². The third kappa shape index (κ3) is 4.01. The Morgan fingerprint density at radius 3 is 2.55 bits per heavy atom. The number of fused-ring (bicyclic) bond motifs is 1. The molecule has 2 N–H and O–H groups in total. The van der Waals surface area contributed by atoms with Crippen molar-refractivity contribution < 1.29 is 14.7 Å². The average molecular weight is 385 g/mol. The second-order valence-corrected chi connectivity index (χ2v) is 6.66. The van der Waals surface area contributed by atoms with Crippen molar-refractivity contribution in [3.05, 3.63) is 90.5 Å². The molecule has 29 heavy (non-hydrogen) atoms. The molecule has 1 amide bonds. The number of anilines is 1. The summed E-state index contributed by atoms with van der Waals surface area (Å²) in [7, 11) is 0. The number of hydrogen-bond acceptors (Lipinski definition) is 3. The molecular weight excluding hydrogens is 366 g/mol. The van der Waals surface area contributed by atoms with Gasteiger partial charge in [0.25, 0.3) is 0 Å². The van der Waals surface area contributed by atoms with Crippen LogP contribution < -0.4 is 5.32 Å². The highest BCUT2D eigenvalue weighted by molar-refractivity contribution is 5.94. The van der Waals surface area contributed by atoms with Crippen molar-refractivity contribution in [2.45, 2.75) is 12.8 Å². The Morgan fingerprint density at radius 1 is 0.966 bits per heavy atom. The van der Waals surface area contributed by atoms with Gasteiger partial charge < -0.3 is 5.11 Å². The molecule has 6 heteroatoms. The maximum absolute atomic E-state index is 12.9. The van der Waals surface area contributed by atoms with Gasteiger partial charge in [0.05, 0.1) is 0 Å². The van der Waals surface area contributed by atoms with Gasteiger partial charge in [-0.3, -0.25) is 14.7 Å². The molecule has 0 aliphatic carbocycles. The average Bonchev–Trinajstić information content (AvgIpc) is 3.22. The Hall–Kier alpha value is -3.93. The van der Waals surface area contributed by atoms with E-state index in [1.165, 1.54) is 0 Å². The summed E-state index contributed by atoms with van der Waals surface area (Å²) in [6.45, 7) is 0. The van der Waals surface area contributed by atoms with Crippen molar-refractivity contribution in [2.75, 3.05) is 5.32 Å². The van der Waals surface area contributed by atoms with Crippen molar-refractivity contribution in [2.24, 2.45) is 0 Å². The predicted octanol–water partition coefficient (Wildman–Crippen LogP) is 4.93. The summed E-state index contributed by atoms with van der Waals surface area (Å²) in [5.74, 6) is 0.261. The molecule has 0 aliphatic rings. The second-order valence-electron chi connectivity index (χ2n) is 6.66. The molecule has 1 heterocycles.